The van der Waals surface area contributed by atoms with Crippen molar-refractivity contribution in [2.75, 3.05) is 19.3 Å². The summed E-state index contributed by atoms with van der Waals surface area (Å²) in [5.41, 5.74) is 1.61. The summed E-state index contributed by atoms with van der Waals surface area (Å²) in [4.78, 5) is 1.99. The van der Waals surface area contributed by atoms with Crippen LogP contribution in [0.1, 0.15) is 28.0 Å². The lowest BCUT2D eigenvalue weighted by Crippen LogP contribution is -2.52. The third-order valence-electron chi connectivity index (χ3n) is 5.78. The molecule has 1 aliphatic heterocycles. The molecule has 0 amide bonds. The van der Waals surface area contributed by atoms with Gasteiger partial charge in [0.25, 0.3) is 0 Å². The summed E-state index contributed by atoms with van der Waals surface area (Å²) in [6, 6.07) is 14.3. The largest absolute Gasteiger partial charge is 0.292 e. The van der Waals surface area contributed by atoms with Gasteiger partial charge in [0.2, 0.25) is 0 Å². The van der Waals surface area contributed by atoms with Gasteiger partial charge in [-0.3, -0.25) is 4.90 Å². The van der Waals surface area contributed by atoms with Crippen LogP contribution in [0.5, 0.6) is 0 Å². The zero-order valence-corrected chi connectivity index (χ0v) is 18.0. The van der Waals surface area contributed by atoms with E-state index in [9.17, 15) is 26.0 Å². The molecule has 32 heavy (non-hydrogen) atoms. The molecular formula is C24H21F4NO2S. The molecule has 4 rings (SSSR count). The molecule has 0 N–H and O–H groups in total. The minimum Gasteiger partial charge on any atom is -0.292 e. The Morgan fingerprint density at radius 3 is 1.56 bits per heavy atom. The molecule has 1 saturated heterocycles. The third-order valence-corrected chi connectivity index (χ3v) is 7.36. The van der Waals surface area contributed by atoms with Gasteiger partial charge < -0.3 is 0 Å². The monoisotopic (exact) mass is 463 g/mol. The lowest BCUT2D eigenvalue weighted by atomic mass is 9.86. The van der Waals surface area contributed by atoms with Gasteiger partial charge in [-0.05, 0) is 53.1 Å². The van der Waals surface area contributed by atoms with Gasteiger partial charge in [-0.2, -0.15) is 0 Å². The zero-order valence-electron chi connectivity index (χ0n) is 17.2. The number of likely N-dealkylation sites (tertiary alicyclic amines) is 1. The maximum Gasteiger partial charge on any atom is 0.154 e. The fourth-order valence-corrected chi connectivity index (χ4v) is 5.97. The summed E-state index contributed by atoms with van der Waals surface area (Å²) in [5, 5.41) is -1.06. The summed E-state index contributed by atoms with van der Waals surface area (Å²) in [6.45, 7) is 0.657. The predicted molar refractivity (Wildman–Crippen MR) is 114 cm³/mol. The first-order valence-electron chi connectivity index (χ1n) is 10.0. The van der Waals surface area contributed by atoms with Crippen LogP contribution >= 0.6 is 0 Å². The Morgan fingerprint density at radius 2 is 1.16 bits per heavy atom. The number of sulfone groups is 1. The summed E-state index contributed by atoms with van der Waals surface area (Å²) in [5.74, 6) is -2.84. The molecule has 0 aromatic heterocycles. The molecule has 0 aliphatic carbocycles. The van der Waals surface area contributed by atoms with Crippen LogP contribution in [0.25, 0.3) is 0 Å². The molecule has 0 spiro atoms. The van der Waals surface area contributed by atoms with Crippen LogP contribution in [0.15, 0.2) is 66.7 Å². The van der Waals surface area contributed by atoms with Crippen molar-refractivity contribution in [3.05, 3.63) is 107 Å². The van der Waals surface area contributed by atoms with E-state index in [0.717, 1.165) is 29.5 Å². The minimum atomic E-state index is -3.66. The molecule has 3 aromatic rings. The first kappa shape index (κ1) is 22.5. The number of hydrogen-bond acceptors (Lipinski definition) is 3. The Balaban J connectivity index is 1.64. The number of halogens is 4. The lowest BCUT2D eigenvalue weighted by molar-refractivity contribution is 0.0654. The molecule has 0 bridgehead atoms. The Kier molecular flexibility index (Phi) is 6.09. The highest BCUT2D eigenvalue weighted by Crippen LogP contribution is 2.42. The molecule has 1 fully saturated rings. The van der Waals surface area contributed by atoms with Crippen molar-refractivity contribution >= 4 is 9.84 Å². The molecule has 0 radical (unpaired) electrons. The number of hydrogen-bond donors (Lipinski definition) is 0. The van der Waals surface area contributed by atoms with E-state index >= 15 is 0 Å². The summed E-state index contributed by atoms with van der Waals surface area (Å²) < 4.78 is 79.5. The van der Waals surface area contributed by atoms with Gasteiger partial charge in [0.15, 0.2) is 9.84 Å². The van der Waals surface area contributed by atoms with Crippen molar-refractivity contribution in [1.82, 2.24) is 4.90 Å². The first-order valence-corrected chi connectivity index (χ1v) is 12.0. The Hall–Kier alpha value is -2.71. The lowest BCUT2D eigenvalue weighted by Gasteiger charge is -2.47. The van der Waals surface area contributed by atoms with Crippen LogP contribution < -0.4 is 0 Å². The molecule has 1 atom stereocenters. The maximum absolute atomic E-state index is 13.8. The van der Waals surface area contributed by atoms with Crippen molar-refractivity contribution in [2.45, 2.75) is 11.3 Å². The van der Waals surface area contributed by atoms with Crippen LogP contribution in [0, 0.1) is 29.2 Å². The van der Waals surface area contributed by atoms with E-state index in [2.05, 4.69) is 0 Å². The highest BCUT2D eigenvalue weighted by Gasteiger charge is 2.43. The minimum absolute atomic E-state index is 0.0785. The first-order chi connectivity index (χ1) is 15.1. The SMILES string of the molecule is CS(=O)(=O)[C@H](c1cc(F)cc(F)c1)C1CN(C(c2ccc(F)cc2)c2ccc(F)cc2)C1. The van der Waals surface area contributed by atoms with E-state index in [1.807, 2.05) is 4.90 Å². The molecular weight excluding hydrogens is 442 g/mol. The highest BCUT2D eigenvalue weighted by atomic mass is 32.2. The fraction of sp³-hybridized carbons (Fsp3) is 0.250. The van der Waals surface area contributed by atoms with Gasteiger partial charge in [0, 0.05) is 31.3 Å². The van der Waals surface area contributed by atoms with Crippen molar-refractivity contribution in [1.29, 1.82) is 0 Å². The third kappa shape index (κ3) is 4.71. The average Bonchev–Trinajstić information content (AvgIpc) is 2.67. The van der Waals surface area contributed by atoms with E-state index in [-0.39, 0.29) is 11.6 Å². The van der Waals surface area contributed by atoms with Gasteiger partial charge in [-0.15, -0.1) is 0 Å². The second-order valence-electron chi connectivity index (χ2n) is 8.17. The maximum atomic E-state index is 13.8. The molecule has 8 heteroatoms. The molecule has 1 aliphatic rings. The van der Waals surface area contributed by atoms with E-state index in [1.165, 1.54) is 24.3 Å². The Morgan fingerprint density at radius 1 is 0.719 bits per heavy atom. The quantitative estimate of drug-likeness (QED) is 0.480. The summed E-state index contributed by atoms with van der Waals surface area (Å²) in [7, 11) is -3.66. The van der Waals surface area contributed by atoms with Gasteiger partial charge in [0.1, 0.15) is 23.3 Å². The predicted octanol–water partition coefficient (Wildman–Crippen LogP) is 5.05. The second-order valence-corrected chi connectivity index (χ2v) is 10.3. The van der Waals surface area contributed by atoms with Gasteiger partial charge >= 0.3 is 0 Å². The summed E-state index contributed by atoms with van der Waals surface area (Å²) >= 11 is 0. The molecule has 0 saturated carbocycles. The number of nitrogens with zero attached hydrogens (tertiary/aromatic N) is 1. The molecule has 1 heterocycles. The standard InChI is InChI=1S/C24H21F4NO2S/c1-32(30,31)24(17-10-21(27)12-22(28)11-17)18-13-29(14-18)23(15-2-6-19(25)7-3-15)16-4-8-20(26)9-5-16/h2-12,18,23-24H,13-14H2,1H3/t24-/m1/s1. The smallest absolute Gasteiger partial charge is 0.154 e. The van der Waals surface area contributed by atoms with Crippen molar-refractivity contribution in [3.63, 3.8) is 0 Å². The van der Waals surface area contributed by atoms with E-state index in [4.69, 9.17) is 0 Å². The van der Waals surface area contributed by atoms with E-state index < -0.39 is 44.3 Å². The van der Waals surface area contributed by atoms with Gasteiger partial charge in [0.05, 0.1) is 11.3 Å². The van der Waals surface area contributed by atoms with Crippen molar-refractivity contribution in [3.8, 4) is 0 Å². The second kappa shape index (κ2) is 8.67. The van der Waals surface area contributed by atoms with E-state index in [0.29, 0.717) is 19.2 Å². The van der Waals surface area contributed by atoms with Crippen molar-refractivity contribution < 1.29 is 26.0 Å². The Bertz CT molecular complexity index is 1140. The molecule has 168 valence electrons. The topological polar surface area (TPSA) is 37.4 Å². The van der Waals surface area contributed by atoms with Crippen LogP contribution in [-0.4, -0.2) is 32.7 Å². The zero-order chi connectivity index (χ0) is 23.0. The van der Waals surface area contributed by atoms with Crippen LogP contribution in [0.4, 0.5) is 17.6 Å². The average molecular weight is 463 g/mol. The number of rotatable bonds is 6. The van der Waals surface area contributed by atoms with Gasteiger partial charge in [-0.25, -0.2) is 26.0 Å². The van der Waals surface area contributed by atoms with Gasteiger partial charge in [-0.1, -0.05) is 24.3 Å². The molecule has 0 unspecified atom stereocenters. The molecule has 3 nitrogen and oxygen atoms in total. The van der Waals surface area contributed by atoms with Crippen molar-refractivity contribution in [2.24, 2.45) is 5.92 Å². The van der Waals surface area contributed by atoms with Crippen LogP contribution in [0.3, 0.4) is 0 Å². The summed E-state index contributed by atoms with van der Waals surface area (Å²) in [6.07, 6.45) is 1.06. The van der Waals surface area contributed by atoms with Crippen LogP contribution in [0.2, 0.25) is 0 Å². The number of benzene rings is 3. The normalized spacial score (nSPS) is 16.2. The Labute approximate surface area is 184 Å². The van der Waals surface area contributed by atoms with E-state index in [1.54, 1.807) is 24.3 Å². The van der Waals surface area contributed by atoms with Crippen LogP contribution in [-0.2, 0) is 9.84 Å². The highest BCUT2D eigenvalue weighted by molar-refractivity contribution is 7.90. The molecule has 3 aromatic carbocycles. The fourth-order valence-electron chi connectivity index (χ4n) is 4.46.